The standard InChI is InChI=1S/C16H22N2O3/c1-20-15-6-4-13(5-7-15)3-2-10-21-12-14(19)11-16-17-8-9-18-16/h4-9,14,19H,2-3,10-12H2,1H3,(H,17,18). The summed E-state index contributed by atoms with van der Waals surface area (Å²) < 4.78 is 10.6. The van der Waals surface area contributed by atoms with E-state index in [2.05, 4.69) is 22.1 Å². The lowest BCUT2D eigenvalue weighted by molar-refractivity contribution is 0.0354. The van der Waals surface area contributed by atoms with E-state index < -0.39 is 6.10 Å². The van der Waals surface area contributed by atoms with E-state index in [4.69, 9.17) is 9.47 Å². The van der Waals surface area contributed by atoms with Gasteiger partial charge in [-0.1, -0.05) is 12.1 Å². The average molecular weight is 290 g/mol. The fourth-order valence-electron chi connectivity index (χ4n) is 2.08. The summed E-state index contributed by atoms with van der Waals surface area (Å²) in [5.74, 6) is 1.65. The number of benzene rings is 1. The number of aliphatic hydroxyl groups is 1. The molecule has 1 aromatic carbocycles. The zero-order valence-corrected chi connectivity index (χ0v) is 12.3. The van der Waals surface area contributed by atoms with Gasteiger partial charge in [-0.25, -0.2) is 4.98 Å². The normalized spacial score (nSPS) is 12.3. The number of nitrogens with zero attached hydrogens (tertiary/aromatic N) is 1. The third kappa shape index (κ3) is 5.57. The van der Waals surface area contributed by atoms with Gasteiger partial charge in [-0.05, 0) is 30.5 Å². The molecule has 0 saturated heterocycles. The van der Waals surface area contributed by atoms with E-state index in [9.17, 15) is 5.11 Å². The van der Waals surface area contributed by atoms with E-state index >= 15 is 0 Å². The summed E-state index contributed by atoms with van der Waals surface area (Å²) in [4.78, 5) is 7.04. The number of hydrogen-bond donors (Lipinski definition) is 2. The summed E-state index contributed by atoms with van der Waals surface area (Å²) in [5.41, 5.74) is 1.26. The first-order chi connectivity index (χ1) is 10.3. The van der Waals surface area contributed by atoms with E-state index in [1.807, 2.05) is 12.1 Å². The number of methoxy groups -OCH3 is 1. The van der Waals surface area contributed by atoms with Crippen molar-refractivity contribution in [1.29, 1.82) is 0 Å². The van der Waals surface area contributed by atoms with Gasteiger partial charge in [0.25, 0.3) is 0 Å². The average Bonchev–Trinajstić information content (AvgIpc) is 3.00. The zero-order valence-electron chi connectivity index (χ0n) is 12.3. The van der Waals surface area contributed by atoms with Crippen molar-refractivity contribution < 1.29 is 14.6 Å². The van der Waals surface area contributed by atoms with Crippen molar-refractivity contribution in [1.82, 2.24) is 9.97 Å². The molecule has 0 radical (unpaired) electrons. The van der Waals surface area contributed by atoms with Crippen LogP contribution in [-0.4, -0.2) is 41.5 Å². The van der Waals surface area contributed by atoms with Crippen LogP contribution in [-0.2, 0) is 17.6 Å². The number of hydrogen-bond acceptors (Lipinski definition) is 4. The van der Waals surface area contributed by atoms with Gasteiger partial charge in [0, 0.05) is 25.4 Å². The molecule has 1 heterocycles. The number of aromatic amines is 1. The van der Waals surface area contributed by atoms with Crippen LogP contribution < -0.4 is 4.74 Å². The Bertz CT molecular complexity index is 497. The van der Waals surface area contributed by atoms with Gasteiger partial charge in [0.2, 0.25) is 0 Å². The second kappa shape index (κ2) is 8.44. The van der Waals surface area contributed by atoms with E-state index in [0.717, 1.165) is 24.4 Å². The van der Waals surface area contributed by atoms with Gasteiger partial charge in [0.1, 0.15) is 11.6 Å². The van der Waals surface area contributed by atoms with Crippen molar-refractivity contribution in [3.05, 3.63) is 48.0 Å². The predicted octanol–water partition coefficient (Wildman–Crippen LogP) is 1.97. The van der Waals surface area contributed by atoms with Crippen molar-refractivity contribution in [3.63, 3.8) is 0 Å². The fourth-order valence-corrected chi connectivity index (χ4v) is 2.08. The Morgan fingerprint density at radius 2 is 2.10 bits per heavy atom. The van der Waals surface area contributed by atoms with Gasteiger partial charge in [-0.2, -0.15) is 0 Å². The SMILES string of the molecule is COc1ccc(CCCOCC(O)Cc2ncc[nH]2)cc1. The third-order valence-corrected chi connectivity index (χ3v) is 3.21. The molecule has 0 saturated carbocycles. The monoisotopic (exact) mass is 290 g/mol. The Labute approximate surface area is 124 Å². The highest BCUT2D eigenvalue weighted by atomic mass is 16.5. The second-order valence-corrected chi connectivity index (χ2v) is 4.92. The molecular formula is C16H22N2O3. The molecule has 0 fully saturated rings. The van der Waals surface area contributed by atoms with Crippen molar-refractivity contribution >= 4 is 0 Å². The van der Waals surface area contributed by atoms with Crippen LogP contribution >= 0.6 is 0 Å². The van der Waals surface area contributed by atoms with Crippen LogP contribution in [0.25, 0.3) is 0 Å². The first kappa shape index (κ1) is 15.5. The van der Waals surface area contributed by atoms with Crippen molar-refractivity contribution in [2.45, 2.75) is 25.4 Å². The van der Waals surface area contributed by atoms with Gasteiger partial charge in [-0.3, -0.25) is 0 Å². The first-order valence-corrected chi connectivity index (χ1v) is 7.15. The molecule has 2 aromatic rings. The van der Waals surface area contributed by atoms with Crippen LogP contribution in [0.15, 0.2) is 36.7 Å². The zero-order chi connectivity index (χ0) is 14.9. The molecule has 1 aromatic heterocycles. The minimum Gasteiger partial charge on any atom is -0.497 e. The number of H-pyrrole nitrogens is 1. The Hall–Kier alpha value is -1.85. The van der Waals surface area contributed by atoms with Crippen LogP contribution in [0.4, 0.5) is 0 Å². The molecule has 21 heavy (non-hydrogen) atoms. The molecule has 1 atom stereocenters. The quantitative estimate of drug-likeness (QED) is 0.693. The summed E-state index contributed by atoms with van der Waals surface area (Å²) in [5, 5.41) is 9.80. The number of ether oxygens (including phenoxy) is 2. The lowest BCUT2D eigenvalue weighted by Gasteiger charge is -2.10. The summed E-state index contributed by atoms with van der Waals surface area (Å²) in [6.45, 7) is 0.977. The molecule has 5 nitrogen and oxygen atoms in total. The summed E-state index contributed by atoms with van der Waals surface area (Å²) in [7, 11) is 1.66. The molecule has 2 rings (SSSR count). The number of aryl methyl sites for hydroxylation is 1. The summed E-state index contributed by atoms with van der Waals surface area (Å²) in [6, 6.07) is 8.04. The Kier molecular flexibility index (Phi) is 6.24. The number of nitrogens with one attached hydrogen (secondary N) is 1. The van der Waals surface area contributed by atoms with Crippen LogP contribution in [0.3, 0.4) is 0 Å². The van der Waals surface area contributed by atoms with Crippen molar-refractivity contribution in [2.75, 3.05) is 20.3 Å². The first-order valence-electron chi connectivity index (χ1n) is 7.15. The van der Waals surface area contributed by atoms with Crippen LogP contribution in [0.5, 0.6) is 5.75 Å². The molecular weight excluding hydrogens is 268 g/mol. The van der Waals surface area contributed by atoms with E-state index in [1.165, 1.54) is 5.56 Å². The van der Waals surface area contributed by atoms with Crippen LogP contribution in [0.2, 0.25) is 0 Å². The van der Waals surface area contributed by atoms with Gasteiger partial charge in [0.15, 0.2) is 0 Å². The number of aromatic nitrogens is 2. The Balaban J connectivity index is 1.56. The minimum absolute atomic E-state index is 0.337. The molecule has 5 heteroatoms. The highest BCUT2D eigenvalue weighted by Crippen LogP contribution is 2.12. The fraction of sp³-hybridized carbons (Fsp3) is 0.438. The van der Waals surface area contributed by atoms with Gasteiger partial charge < -0.3 is 19.6 Å². The number of imidazole rings is 1. The highest BCUT2D eigenvalue weighted by molar-refractivity contribution is 5.27. The van der Waals surface area contributed by atoms with E-state index in [1.54, 1.807) is 19.5 Å². The lowest BCUT2D eigenvalue weighted by Crippen LogP contribution is -2.19. The van der Waals surface area contributed by atoms with Crippen molar-refractivity contribution in [2.24, 2.45) is 0 Å². The molecule has 114 valence electrons. The summed E-state index contributed by atoms with van der Waals surface area (Å²) in [6.07, 6.45) is 5.29. The lowest BCUT2D eigenvalue weighted by atomic mass is 10.1. The molecule has 2 N–H and O–H groups in total. The maximum Gasteiger partial charge on any atom is 0.118 e. The molecule has 1 unspecified atom stereocenters. The molecule has 0 aliphatic carbocycles. The maximum atomic E-state index is 9.80. The van der Waals surface area contributed by atoms with Crippen molar-refractivity contribution in [3.8, 4) is 5.75 Å². The van der Waals surface area contributed by atoms with E-state index in [-0.39, 0.29) is 0 Å². The minimum atomic E-state index is -0.517. The Morgan fingerprint density at radius 1 is 1.29 bits per heavy atom. The maximum absolute atomic E-state index is 9.80. The third-order valence-electron chi connectivity index (χ3n) is 3.21. The van der Waals surface area contributed by atoms with Crippen LogP contribution in [0.1, 0.15) is 17.8 Å². The number of rotatable bonds is 9. The van der Waals surface area contributed by atoms with Gasteiger partial charge >= 0.3 is 0 Å². The molecule has 0 aliphatic heterocycles. The van der Waals surface area contributed by atoms with E-state index in [0.29, 0.717) is 19.6 Å². The largest absolute Gasteiger partial charge is 0.497 e. The topological polar surface area (TPSA) is 67.4 Å². The van der Waals surface area contributed by atoms with Gasteiger partial charge in [0.05, 0.1) is 19.8 Å². The molecule has 0 aliphatic rings. The highest BCUT2D eigenvalue weighted by Gasteiger charge is 2.07. The Morgan fingerprint density at radius 3 is 2.76 bits per heavy atom. The molecule has 0 bridgehead atoms. The van der Waals surface area contributed by atoms with Crippen LogP contribution in [0, 0.1) is 0 Å². The smallest absolute Gasteiger partial charge is 0.118 e. The van der Waals surface area contributed by atoms with Gasteiger partial charge in [-0.15, -0.1) is 0 Å². The molecule has 0 spiro atoms. The predicted molar refractivity (Wildman–Crippen MR) is 80.4 cm³/mol. The second-order valence-electron chi connectivity index (χ2n) is 4.92. The molecule has 0 amide bonds. The summed E-state index contributed by atoms with van der Waals surface area (Å²) >= 11 is 0. The number of aliphatic hydroxyl groups excluding tert-OH is 1.